The van der Waals surface area contributed by atoms with E-state index in [9.17, 15) is 18.0 Å². The predicted molar refractivity (Wildman–Crippen MR) is 131 cm³/mol. The molecular weight excluding hydrogens is 494 g/mol. The summed E-state index contributed by atoms with van der Waals surface area (Å²) in [7, 11) is -3.18. The van der Waals surface area contributed by atoms with Crippen LogP contribution >= 0.6 is 11.6 Å². The lowest BCUT2D eigenvalue weighted by atomic mass is 9.85. The van der Waals surface area contributed by atoms with Gasteiger partial charge in [-0.15, -0.1) is 0 Å². The van der Waals surface area contributed by atoms with Crippen LogP contribution in [0.2, 0.25) is 5.02 Å². The van der Waals surface area contributed by atoms with E-state index in [4.69, 9.17) is 16.0 Å². The summed E-state index contributed by atoms with van der Waals surface area (Å²) in [6.45, 7) is 0.553. The van der Waals surface area contributed by atoms with Crippen molar-refractivity contribution >= 4 is 56.0 Å². The summed E-state index contributed by atoms with van der Waals surface area (Å²) < 4.78 is 31.8. The lowest BCUT2D eigenvalue weighted by Gasteiger charge is -2.32. The second-order valence-electron chi connectivity index (χ2n) is 8.75. The topological polar surface area (TPSA) is 134 Å². The Bertz CT molecular complexity index is 1370. The van der Waals surface area contributed by atoms with Gasteiger partial charge in [-0.05, 0) is 56.4 Å². The van der Waals surface area contributed by atoms with Gasteiger partial charge in [-0.2, -0.15) is 4.31 Å². The van der Waals surface area contributed by atoms with E-state index < -0.39 is 15.9 Å². The number of rotatable bonds is 5. The van der Waals surface area contributed by atoms with Gasteiger partial charge in [0.2, 0.25) is 21.7 Å². The van der Waals surface area contributed by atoms with Gasteiger partial charge in [-0.25, -0.2) is 13.4 Å². The highest BCUT2D eigenvalue weighted by Crippen LogP contribution is 2.34. The molecule has 1 aliphatic heterocycles. The number of pyridine rings is 2. The Morgan fingerprint density at radius 2 is 1.89 bits per heavy atom. The fourth-order valence-corrected chi connectivity index (χ4v) is 6.66. The van der Waals surface area contributed by atoms with E-state index in [1.807, 2.05) is 0 Å². The molecule has 2 fully saturated rings. The molecule has 10 nitrogen and oxygen atoms in total. The number of nitrogens with one attached hydrogen (secondary N) is 2. The number of carbonyl (C=O) groups excluding carboxylic acids is 2. The smallest absolute Gasteiger partial charge is 0.294 e. The predicted octanol–water partition coefficient (Wildman–Crippen LogP) is 3.66. The molecule has 3 aromatic heterocycles. The van der Waals surface area contributed by atoms with Crippen molar-refractivity contribution < 1.29 is 22.4 Å². The molecule has 0 spiro atoms. The number of amides is 2. The lowest BCUT2D eigenvalue weighted by Crippen LogP contribution is -2.40. The van der Waals surface area contributed by atoms with Crippen LogP contribution in [-0.4, -0.2) is 52.8 Å². The van der Waals surface area contributed by atoms with Gasteiger partial charge in [0.1, 0.15) is 17.0 Å². The molecule has 12 heteroatoms. The average Bonchev–Trinajstić information content (AvgIpc) is 3.40. The molecule has 0 unspecified atom stereocenters. The molecule has 2 aliphatic rings. The molecule has 5 rings (SSSR count). The highest BCUT2D eigenvalue weighted by molar-refractivity contribution is 7.89. The monoisotopic (exact) mass is 517 g/mol. The van der Waals surface area contributed by atoms with E-state index in [1.165, 1.54) is 6.20 Å². The van der Waals surface area contributed by atoms with Crippen LogP contribution in [0.4, 0.5) is 11.5 Å². The Labute approximate surface area is 207 Å². The number of aromatic nitrogens is 2. The molecule has 4 heterocycles. The van der Waals surface area contributed by atoms with Gasteiger partial charge < -0.3 is 15.1 Å². The van der Waals surface area contributed by atoms with Gasteiger partial charge in [0.25, 0.3) is 5.91 Å². The normalized spacial score (nSPS) is 22.2. The molecule has 0 atom stereocenters. The van der Waals surface area contributed by atoms with Crippen molar-refractivity contribution in [3.8, 4) is 0 Å². The van der Waals surface area contributed by atoms with Gasteiger partial charge in [-0.1, -0.05) is 11.6 Å². The first-order chi connectivity index (χ1) is 16.8. The Morgan fingerprint density at radius 3 is 2.57 bits per heavy atom. The third kappa shape index (κ3) is 4.89. The van der Waals surface area contributed by atoms with Crippen LogP contribution in [0, 0.1) is 5.92 Å². The standard InChI is InChI=1S/C23H24ClN5O5S/c24-15-6-9-18(26-13-15)27-23(31)21-20(19-17(34-21)3-1-10-25-19)28-22(30)14-4-7-16(8-5-14)29-11-2-12-35(29,32)33/h1,3,6,9-10,13-14,16H,2,4-5,7-8,11-12H2,(H,28,30)(H,26,27,31)/t14-,16-. The summed E-state index contributed by atoms with van der Waals surface area (Å²) in [5, 5.41) is 5.92. The SMILES string of the molecule is O=C(Nc1ccc(Cl)cn1)c1oc2cccnc2c1NC(=O)[C@H]1CC[C@H](N2CCCS2(=O)=O)CC1. The minimum atomic E-state index is -3.18. The van der Waals surface area contributed by atoms with Crippen LogP contribution in [0.25, 0.3) is 11.1 Å². The first kappa shape index (κ1) is 23.7. The van der Waals surface area contributed by atoms with E-state index in [0.717, 1.165) is 0 Å². The highest BCUT2D eigenvalue weighted by Gasteiger charge is 2.38. The van der Waals surface area contributed by atoms with E-state index in [-0.39, 0.29) is 40.9 Å². The quantitative estimate of drug-likeness (QED) is 0.527. The van der Waals surface area contributed by atoms with Crippen LogP contribution in [0.15, 0.2) is 41.1 Å². The van der Waals surface area contributed by atoms with Crippen molar-refractivity contribution in [3.63, 3.8) is 0 Å². The van der Waals surface area contributed by atoms with E-state index in [0.29, 0.717) is 54.8 Å². The summed E-state index contributed by atoms with van der Waals surface area (Å²) >= 11 is 5.85. The molecular formula is C23H24ClN5O5S. The number of carbonyl (C=O) groups is 2. The van der Waals surface area contributed by atoms with Crippen molar-refractivity contribution in [2.45, 2.75) is 38.1 Å². The number of nitrogens with zero attached hydrogens (tertiary/aromatic N) is 3. The summed E-state index contributed by atoms with van der Waals surface area (Å²) in [5.41, 5.74) is 0.924. The zero-order chi connectivity index (χ0) is 24.6. The van der Waals surface area contributed by atoms with Crippen LogP contribution in [0.5, 0.6) is 0 Å². The van der Waals surface area contributed by atoms with Crippen LogP contribution in [-0.2, 0) is 14.8 Å². The summed E-state index contributed by atoms with van der Waals surface area (Å²) in [6.07, 6.45) is 5.97. The number of fused-ring (bicyclic) bond motifs is 1. The maximum atomic E-state index is 13.2. The van der Waals surface area contributed by atoms with Gasteiger partial charge in [0.15, 0.2) is 5.58 Å². The van der Waals surface area contributed by atoms with Crippen molar-refractivity contribution in [2.24, 2.45) is 5.92 Å². The van der Waals surface area contributed by atoms with E-state index >= 15 is 0 Å². The van der Waals surface area contributed by atoms with Gasteiger partial charge in [-0.3, -0.25) is 14.6 Å². The molecule has 2 amide bonds. The number of anilines is 2. The molecule has 1 saturated carbocycles. The van der Waals surface area contributed by atoms with Crippen LogP contribution in [0.3, 0.4) is 0 Å². The summed E-state index contributed by atoms with van der Waals surface area (Å²) in [5.74, 6) is -0.750. The van der Waals surface area contributed by atoms with Gasteiger partial charge >= 0.3 is 0 Å². The van der Waals surface area contributed by atoms with Crippen molar-refractivity contribution in [3.05, 3.63) is 47.4 Å². The first-order valence-electron chi connectivity index (χ1n) is 11.4. The molecule has 1 aliphatic carbocycles. The first-order valence-corrected chi connectivity index (χ1v) is 13.4. The van der Waals surface area contributed by atoms with E-state index in [2.05, 4.69) is 20.6 Å². The second-order valence-corrected chi connectivity index (χ2v) is 11.2. The lowest BCUT2D eigenvalue weighted by molar-refractivity contribution is -0.121. The number of sulfonamides is 1. The van der Waals surface area contributed by atoms with Crippen molar-refractivity contribution in [1.82, 2.24) is 14.3 Å². The largest absolute Gasteiger partial charge is 0.447 e. The Hall–Kier alpha value is -3.02. The Morgan fingerprint density at radius 1 is 1.09 bits per heavy atom. The Kier molecular flexibility index (Phi) is 6.47. The number of furan rings is 1. The zero-order valence-corrected chi connectivity index (χ0v) is 20.3. The van der Waals surface area contributed by atoms with Crippen molar-refractivity contribution in [1.29, 1.82) is 0 Å². The molecule has 2 N–H and O–H groups in total. The van der Waals surface area contributed by atoms with Crippen LogP contribution < -0.4 is 10.6 Å². The molecule has 0 aromatic carbocycles. The maximum Gasteiger partial charge on any atom is 0.294 e. The molecule has 0 radical (unpaired) electrons. The average molecular weight is 518 g/mol. The van der Waals surface area contributed by atoms with Crippen LogP contribution in [0.1, 0.15) is 42.7 Å². The summed E-state index contributed by atoms with van der Waals surface area (Å²) in [4.78, 5) is 34.5. The number of halogens is 1. The third-order valence-corrected chi connectivity index (χ3v) is 8.71. The second kappa shape index (κ2) is 9.56. The van der Waals surface area contributed by atoms with E-state index in [1.54, 1.807) is 34.8 Å². The molecule has 35 heavy (non-hydrogen) atoms. The third-order valence-electron chi connectivity index (χ3n) is 6.48. The minimum Gasteiger partial charge on any atom is -0.447 e. The van der Waals surface area contributed by atoms with Gasteiger partial charge in [0.05, 0.1) is 10.8 Å². The fraction of sp³-hybridized carbons (Fsp3) is 0.391. The molecule has 0 bridgehead atoms. The number of hydrogen-bond acceptors (Lipinski definition) is 7. The summed E-state index contributed by atoms with van der Waals surface area (Å²) in [6, 6.07) is 6.43. The molecule has 1 saturated heterocycles. The molecule has 3 aromatic rings. The molecule has 184 valence electrons. The Balaban J connectivity index is 1.32. The minimum absolute atomic E-state index is 0.0591. The highest BCUT2D eigenvalue weighted by atomic mass is 35.5. The fourth-order valence-electron chi connectivity index (χ4n) is 4.75. The zero-order valence-electron chi connectivity index (χ0n) is 18.7. The van der Waals surface area contributed by atoms with Gasteiger partial charge in [0, 0.05) is 30.9 Å². The maximum absolute atomic E-state index is 13.2. The number of hydrogen-bond donors (Lipinski definition) is 2. The van der Waals surface area contributed by atoms with Crippen molar-refractivity contribution in [2.75, 3.05) is 22.9 Å².